The van der Waals surface area contributed by atoms with Crippen LogP contribution in [0.4, 0.5) is 24.5 Å². The van der Waals surface area contributed by atoms with E-state index < -0.39 is 29.2 Å². The van der Waals surface area contributed by atoms with Gasteiger partial charge in [-0.25, -0.2) is 0 Å². The Kier molecular flexibility index (Phi) is 4.76. The number of hydrogen-bond acceptors (Lipinski definition) is 4. The third kappa shape index (κ3) is 4.20. The topological polar surface area (TPSA) is 84.5 Å². The molecule has 2 aromatic heterocycles. The van der Waals surface area contributed by atoms with E-state index in [2.05, 4.69) is 10.6 Å². The van der Waals surface area contributed by atoms with Gasteiger partial charge in [0.2, 0.25) is 0 Å². The molecule has 9 heteroatoms. The summed E-state index contributed by atoms with van der Waals surface area (Å²) in [5, 5.41) is 4.48. The van der Waals surface area contributed by atoms with Crippen LogP contribution in [0.15, 0.2) is 57.6 Å². The first-order valence-electron chi connectivity index (χ1n) is 7.68. The lowest BCUT2D eigenvalue weighted by Crippen LogP contribution is -2.17. The summed E-state index contributed by atoms with van der Waals surface area (Å²) < 4.78 is 50.2. The Balaban J connectivity index is 1.86. The number of furan rings is 2. The maximum atomic E-state index is 13.4. The molecule has 0 aliphatic rings. The maximum Gasteiger partial charge on any atom is 0.418 e. The Hall–Kier alpha value is -3.49. The van der Waals surface area contributed by atoms with Gasteiger partial charge in [-0.15, -0.1) is 0 Å². The molecule has 0 aliphatic heterocycles. The van der Waals surface area contributed by atoms with E-state index in [-0.39, 0.29) is 17.2 Å². The quantitative estimate of drug-likeness (QED) is 0.689. The van der Waals surface area contributed by atoms with Crippen molar-refractivity contribution in [3.05, 3.63) is 71.6 Å². The number of carbonyl (C=O) groups is 2. The highest BCUT2D eigenvalue weighted by Crippen LogP contribution is 2.37. The van der Waals surface area contributed by atoms with Crippen LogP contribution in [0.1, 0.15) is 32.4 Å². The number of hydrogen-bond donors (Lipinski definition) is 2. The number of nitrogens with one attached hydrogen (secondary N) is 2. The molecule has 2 heterocycles. The third-order valence-electron chi connectivity index (χ3n) is 3.54. The fraction of sp³-hybridized carbons (Fsp3) is 0.111. The fourth-order valence-corrected chi connectivity index (χ4v) is 2.31. The normalized spacial score (nSPS) is 11.3. The van der Waals surface area contributed by atoms with Gasteiger partial charge in [-0.05, 0) is 49.4 Å². The minimum absolute atomic E-state index is 0.0471. The van der Waals surface area contributed by atoms with Crippen molar-refractivity contribution in [1.29, 1.82) is 0 Å². The monoisotopic (exact) mass is 378 g/mol. The van der Waals surface area contributed by atoms with Crippen molar-refractivity contribution in [2.45, 2.75) is 13.1 Å². The average Bonchev–Trinajstić information content (AvgIpc) is 3.26. The minimum Gasteiger partial charge on any atom is -0.459 e. The van der Waals surface area contributed by atoms with Crippen LogP contribution in [0.5, 0.6) is 0 Å². The second-order valence-corrected chi connectivity index (χ2v) is 5.55. The molecule has 0 saturated carbocycles. The van der Waals surface area contributed by atoms with Crippen LogP contribution in [-0.2, 0) is 6.18 Å². The van der Waals surface area contributed by atoms with Crippen molar-refractivity contribution in [3.63, 3.8) is 0 Å². The fourth-order valence-electron chi connectivity index (χ4n) is 2.31. The van der Waals surface area contributed by atoms with Crippen LogP contribution in [0, 0.1) is 6.92 Å². The SMILES string of the molecule is Cc1ccc(C(=O)Nc2ccc(NC(=O)c3ccco3)cc2C(F)(F)F)o1. The predicted molar refractivity (Wildman–Crippen MR) is 89.5 cm³/mol. The van der Waals surface area contributed by atoms with E-state index in [4.69, 9.17) is 8.83 Å². The summed E-state index contributed by atoms with van der Waals surface area (Å²) in [5.74, 6) is -1.23. The molecule has 27 heavy (non-hydrogen) atoms. The summed E-state index contributed by atoms with van der Waals surface area (Å²) in [6, 6.07) is 8.74. The van der Waals surface area contributed by atoms with Gasteiger partial charge in [-0.2, -0.15) is 13.2 Å². The van der Waals surface area contributed by atoms with Gasteiger partial charge < -0.3 is 19.5 Å². The molecule has 0 radical (unpaired) electrons. The second kappa shape index (κ2) is 7.02. The van der Waals surface area contributed by atoms with Crippen molar-refractivity contribution in [3.8, 4) is 0 Å². The smallest absolute Gasteiger partial charge is 0.418 e. The first-order valence-corrected chi connectivity index (χ1v) is 7.68. The number of carbonyl (C=O) groups excluding carboxylic acids is 2. The van der Waals surface area contributed by atoms with Crippen molar-refractivity contribution >= 4 is 23.2 Å². The number of amides is 2. The first-order chi connectivity index (χ1) is 12.7. The molecule has 0 unspecified atom stereocenters. The van der Waals surface area contributed by atoms with Crippen LogP contribution in [0.25, 0.3) is 0 Å². The molecule has 3 aromatic rings. The molecule has 3 rings (SSSR count). The Morgan fingerprint density at radius 2 is 1.70 bits per heavy atom. The molecule has 0 aliphatic carbocycles. The van der Waals surface area contributed by atoms with E-state index in [0.717, 1.165) is 12.1 Å². The average molecular weight is 378 g/mol. The van der Waals surface area contributed by atoms with Gasteiger partial charge in [0.15, 0.2) is 11.5 Å². The van der Waals surface area contributed by atoms with Gasteiger partial charge in [0.05, 0.1) is 17.5 Å². The molecule has 1 aromatic carbocycles. The number of benzene rings is 1. The van der Waals surface area contributed by atoms with Gasteiger partial charge in [-0.3, -0.25) is 9.59 Å². The molecule has 140 valence electrons. The highest BCUT2D eigenvalue weighted by molar-refractivity contribution is 6.04. The summed E-state index contributed by atoms with van der Waals surface area (Å²) in [4.78, 5) is 24.0. The van der Waals surface area contributed by atoms with E-state index in [9.17, 15) is 22.8 Å². The Morgan fingerprint density at radius 3 is 2.30 bits per heavy atom. The van der Waals surface area contributed by atoms with Gasteiger partial charge >= 0.3 is 6.18 Å². The summed E-state index contributed by atoms with van der Waals surface area (Å²) in [6.07, 6.45) is -3.49. The first kappa shape index (κ1) is 18.3. The predicted octanol–water partition coefficient (Wildman–Crippen LogP) is 4.70. The maximum absolute atomic E-state index is 13.4. The Morgan fingerprint density at radius 1 is 0.963 bits per heavy atom. The van der Waals surface area contributed by atoms with Gasteiger partial charge in [-0.1, -0.05) is 0 Å². The summed E-state index contributed by atoms with van der Waals surface area (Å²) in [6.45, 7) is 1.61. The largest absolute Gasteiger partial charge is 0.459 e. The lowest BCUT2D eigenvalue weighted by Gasteiger charge is -2.15. The number of aryl methyl sites for hydroxylation is 1. The van der Waals surface area contributed by atoms with Crippen LogP contribution in [0.3, 0.4) is 0 Å². The van der Waals surface area contributed by atoms with E-state index in [1.165, 1.54) is 36.6 Å². The highest BCUT2D eigenvalue weighted by atomic mass is 19.4. The van der Waals surface area contributed by atoms with Gasteiger partial charge in [0.1, 0.15) is 5.76 Å². The molecule has 6 nitrogen and oxygen atoms in total. The third-order valence-corrected chi connectivity index (χ3v) is 3.54. The summed E-state index contributed by atoms with van der Waals surface area (Å²) >= 11 is 0. The van der Waals surface area contributed by atoms with Crippen LogP contribution in [0.2, 0.25) is 0 Å². The molecular formula is C18H13F3N2O4. The number of alkyl halides is 3. The van der Waals surface area contributed by atoms with Crippen LogP contribution in [-0.4, -0.2) is 11.8 Å². The molecule has 2 amide bonds. The molecule has 2 N–H and O–H groups in total. The number of halogens is 3. The van der Waals surface area contributed by atoms with Crippen molar-refractivity contribution in [2.24, 2.45) is 0 Å². The van der Waals surface area contributed by atoms with E-state index in [0.29, 0.717) is 5.76 Å². The summed E-state index contributed by atoms with van der Waals surface area (Å²) in [5.41, 5.74) is -1.68. The van der Waals surface area contributed by atoms with E-state index >= 15 is 0 Å². The second-order valence-electron chi connectivity index (χ2n) is 5.55. The Labute approximate surface area is 151 Å². The molecular weight excluding hydrogens is 365 g/mol. The number of rotatable bonds is 4. The van der Waals surface area contributed by atoms with Crippen LogP contribution < -0.4 is 10.6 Å². The van der Waals surface area contributed by atoms with Crippen molar-refractivity contribution < 1.29 is 31.6 Å². The lowest BCUT2D eigenvalue weighted by atomic mass is 10.1. The summed E-state index contributed by atoms with van der Waals surface area (Å²) in [7, 11) is 0. The van der Waals surface area contributed by atoms with Gasteiger partial charge in [0.25, 0.3) is 11.8 Å². The van der Waals surface area contributed by atoms with Crippen molar-refractivity contribution in [1.82, 2.24) is 0 Å². The zero-order chi connectivity index (χ0) is 19.6. The zero-order valence-electron chi connectivity index (χ0n) is 13.9. The molecule has 0 saturated heterocycles. The van der Waals surface area contributed by atoms with E-state index in [1.807, 2.05) is 0 Å². The molecule has 0 bridgehead atoms. The molecule has 0 atom stereocenters. The van der Waals surface area contributed by atoms with E-state index in [1.54, 1.807) is 6.92 Å². The highest BCUT2D eigenvalue weighted by Gasteiger charge is 2.34. The molecule has 0 fully saturated rings. The van der Waals surface area contributed by atoms with Crippen LogP contribution >= 0.6 is 0 Å². The number of anilines is 2. The minimum atomic E-state index is -4.76. The Bertz CT molecular complexity index is 975. The van der Waals surface area contributed by atoms with Crippen molar-refractivity contribution in [2.75, 3.05) is 10.6 Å². The molecule has 0 spiro atoms. The zero-order valence-corrected chi connectivity index (χ0v) is 13.9. The van der Waals surface area contributed by atoms with Gasteiger partial charge in [0, 0.05) is 5.69 Å². The standard InChI is InChI=1S/C18H13F3N2O4/c1-10-4-7-15(27-10)17(25)23-13-6-5-11(9-12(13)18(19,20)21)22-16(24)14-3-2-8-26-14/h2-9H,1H3,(H,22,24)(H,23,25). The lowest BCUT2D eigenvalue weighted by molar-refractivity contribution is -0.136.